The number of aromatic nitrogens is 1. The first-order valence-electron chi connectivity index (χ1n) is 9.75. The average Bonchev–Trinajstić information content (AvgIpc) is 2.73. The van der Waals surface area contributed by atoms with Crippen molar-refractivity contribution in [3.05, 3.63) is 74.5 Å². The Hall–Kier alpha value is -3.64. The third-order valence-electron chi connectivity index (χ3n) is 5.64. The smallest absolute Gasteiger partial charge is 0.196 e. The molecular formula is C24H21N3O3. The molecule has 0 bridgehead atoms. The molecular weight excluding hydrogens is 378 g/mol. The van der Waals surface area contributed by atoms with Crippen LogP contribution in [0.1, 0.15) is 26.3 Å². The number of nitrogens with one attached hydrogen (secondary N) is 2. The van der Waals surface area contributed by atoms with Crippen molar-refractivity contribution in [2.45, 2.75) is 26.2 Å². The summed E-state index contributed by atoms with van der Waals surface area (Å²) in [5.74, 6) is 5.72. The van der Waals surface area contributed by atoms with Crippen molar-refractivity contribution in [3.63, 3.8) is 0 Å². The number of aromatic amines is 1. The maximum Gasteiger partial charge on any atom is 0.196 e. The Morgan fingerprint density at radius 1 is 0.900 bits per heavy atom. The zero-order chi connectivity index (χ0) is 21.2. The van der Waals surface area contributed by atoms with Gasteiger partial charge in [0.15, 0.2) is 22.0 Å². The predicted octanol–water partition coefficient (Wildman–Crippen LogP) is 4.52. The molecule has 5 rings (SSSR count). The molecule has 1 heterocycles. The van der Waals surface area contributed by atoms with E-state index in [1.807, 2.05) is 18.2 Å². The Morgan fingerprint density at radius 2 is 1.57 bits per heavy atom. The van der Waals surface area contributed by atoms with Crippen LogP contribution >= 0.6 is 0 Å². The molecule has 4 aromatic carbocycles. The summed E-state index contributed by atoms with van der Waals surface area (Å²) in [7, 11) is 0. The average molecular weight is 399 g/mol. The predicted molar refractivity (Wildman–Crippen MR) is 122 cm³/mol. The lowest BCUT2D eigenvalue weighted by atomic mass is 9.87. The molecule has 0 amide bonds. The highest BCUT2D eigenvalue weighted by molar-refractivity contribution is 6.14. The van der Waals surface area contributed by atoms with E-state index < -0.39 is 0 Å². The Bertz CT molecular complexity index is 1600. The van der Waals surface area contributed by atoms with Gasteiger partial charge in [0.25, 0.3) is 0 Å². The van der Waals surface area contributed by atoms with Gasteiger partial charge in [-0.1, -0.05) is 51.1 Å². The quantitative estimate of drug-likeness (QED) is 0.166. The molecule has 0 aliphatic heterocycles. The molecule has 0 spiro atoms. The minimum absolute atomic E-state index is 0.0371. The fraction of sp³-hybridized carbons (Fsp3) is 0.167. The summed E-state index contributed by atoms with van der Waals surface area (Å²) in [4.78, 5) is 29.9. The van der Waals surface area contributed by atoms with Crippen molar-refractivity contribution in [3.8, 4) is 0 Å². The Kier molecular flexibility index (Phi) is 3.79. The number of nitrogen functional groups attached to an aromatic ring is 1. The van der Waals surface area contributed by atoms with Gasteiger partial charge in [0.2, 0.25) is 0 Å². The number of fused-ring (bicyclic) bond motifs is 5. The van der Waals surface area contributed by atoms with Crippen molar-refractivity contribution in [2.75, 3.05) is 5.43 Å². The van der Waals surface area contributed by atoms with Gasteiger partial charge in [-0.05, 0) is 23.1 Å². The van der Waals surface area contributed by atoms with Gasteiger partial charge >= 0.3 is 0 Å². The van der Waals surface area contributed by atoms with E-state index in [0.29, 0.717) is 33.1 Å². The minimum atomic E-state index is -0.244. The van der Waals surface area contributed by atoms with E-state index in [4.69, 9.17) is 10.3 Å². The van der Waals surface area contributed by atoms with Crippen molar-refractivity contribution in [2.24, 2.45) is 5.84 Å². The Balaban J connectivity index is 2.01. The number of hydrogen-bond donors (Lipinski definition) is 3. The molecule has 30 heavy (non-hydrogen) atoms. The molecule has 0 saturated heterocycles. The highest BCUT2D eigenvalue weighted by atomic mass is 16.3. The van der Waals surface area contributed by atoms with Gasteiger partial charge in [0.05, 0.1) is 27.5 Å². The van der Waals surface area contributed by atoms with Crippen LogP contribution < -0.4 is 22.1 Å². The monoisotopic (exact) mass is 399 g/mol. The van der Waals surface area contributed by atoms with E-state index in [9.17, 15) is 9.59 Å². The third kappa shape index (κ3) is 2.54. The molecule has 0 radical (unpaired) electrons. The van der Waals surface area contributed by atoms with Crippen molar-refractivity contribution < 1.29 is 4.42 Å². The van der Waals surface area contributed by atoms with Crippen molar-refractivity contribution in [1.82, 2.24) is 4.98 Å². The van der Waals surface area contributed by atoms with Crippen LogP contribution in [0.5, 0.6) is 0 Å². The molecule has 1 aromatic heterocycles. The van der Waals surface area contributed by atoms with Gasteiger partial charge in [-0.15, -0.1) is 0 Å². The standard InChI is InChI=1S/C24H21N3O3/c1-24(2,3)12-8-9-15-17(10-12)30-18-11-16(27-25)19-20(21(18)26-15)23(29)14-7-5-4-6-13(14)22(19)28/h4-11,26-27H,25H2,1-3H3. The second-order valence-electron chi connectivity index (χ2n) is 8.58. The normalized spacial score (nSPS) is 12.3. The summed E-state index contributed by atoms with van der Waals surface area (Å²) in [6.45, 7) is 6.40. The number of nitrogens with two attached hydrogens (primary N) is 1. The van der Waals surface area contributed by atoms with Gasteiger partial charge in [-0.3, -0.25) is 15.4 Å². The van der Waals surface area contributed by atoms with E-state index in [2.05, 4.69) is 31.2 Å². The number of hydrogen-bond acceptors (Lipinski definition) is 5. The number of H-pyrrole nitrogens is 1. The minimum Gasteiger partial charge on any atom is -0.453 e. The van der Waals surface area contributed by atoms with Crippen LogP contribution in [0.3, 0.4) is 0 Å². The number of rotatable bonds is 1. The summed E-state index contributed by atoms with van der Waals surface area (Å²) < 4.78 is 6.17. The largest absolute Gasteiger partial charge is 0.453 e. The molecule has 0 aliphatic carbocycles. The fourth-order valence-corrected chi connectivity index (χ4v) is 4.02. The van der Waals surface area contributed by atoms with Crippen LogP contribution in [0, 0.1) is 0 Å². The first-order chi connectivity index (χ1) is 14.3. The van der Waals surface area contributed by atoms with Crippen LogP contribution in [0.15, 0.2) is 62.5 Å². The topological polar surface area (TPSA) is 101 Å². The maximum atomic E-state index is 13.4. The summed E-state index contributed by atoms with van der Waals surface area (Å²) in [6, 6.07) is 14.4. The summed E-state index contributed by atoms with van der Waals surface area (Å²) in [6.07, 6.45) is 0. The van der Waals surface area contributed by atoms with Crippen molar-refractivity contribution in [1.29, 1.82) is 0 Å². The first kappa shape index (κ1) is 18.4. The molecule has 150 valence electrons. The van der Waals surface area contributed by atoms with Gasteiger partial charge in [0.1, 0.15) is 0 Å². The molecule has 6 nitrogen and oxygen atoms in total. The van der Waals surface area contributed by atoms with Crippen LogP contribution in [-0.2, 0) is 5.41 Å². The van der Waals surface area contributed by atoms with Crippen LogP contribution in [0.2, 0.25) is 0 Å². The zero-order valence-electron chi connectivity index (χ0n) is 16.9. The summed E-state index contributed by atoms with van der Waals surface area (Å²) in [5, 5.41) is 1.28. The number of anilines is 1. The Morgan fingerprint density at radius 3 is 2.20 bits per heavy atom. The van der Waals surface area contributed by atoms with Crippen LogP contribution in [0.25, 0.3) is 43.7 Å². The van der Waals surface area contributed by atoms with E-state index in [0.717, 1.165) is 11.1 Å². The van der Waals surface area contributed by atoms with E-state index in [1.165, 1.54) is 0 Å². The SMILES string of the molecule is CC(C)(C)c1ccc2[nH]c3c(cc(NN)c4c(=O)c5ccccc5c(=O)c43)oc2c1. The molecule has 0 atom stereocenters. The molecule has 6 heteroatoms. The number of benzene rings is 4. The van der Waals surface area contributed by atoms with Crippen molar-refractivity contribution >= 4 is 49.4 Å². The highest BCUT2D eigenvalue weighted by Gasteiger charge is 2.19. The van der Waals surface area contributed by atoms with Gasteiger partial charge < -0.3 is 14.8 Å². The highest BCUT2D eigenvalue weighted by Crippen LogP contribution is 2.32. The molecule has 4 N–H and O–H groups in total. The molecule has 5 aromatic rings. The molecule has 0 fully saturated rings. The first-order valence-corrected chi connectivity index (χ1v) is 9.75. The van der Waals surface area contributed by atoms with Crippen LogP contribution in [-0.4, -0.2) is 4.98 Å². The molecule has 0 saturated carbocycles. The second-order valence-corrected chi connectivity index (χ2v) is 8.58. The van der Waals surface area contributed by atoms with Gasteiger partial charge in [-0.25, -0.2) is 0 Å². The summed E-state index contributed by atoms with van der Waals surface area (Å²) in [5.41, 5.74) is 5.86. The zero-order valence-corrected chi connectivity index (χ0v) is 16.9. The van der Waals surface area contributed by atoms with E-state index >= 15 is 0 Å². The fourth-order valence-electron chi connectivity index (χ4n) is 4.02. The summed E-state index contributed by atoms with van der Waals surface area (Å²) >= 11 is 0. The number of hydrazine groups is 1. The molecule has 0 aliphatic rings. The van der Waals surface area contributed by atoms with Gasteiger partial charge in [0, 0.05) is 16.8 Å². The second kappa shape index (κ2) is 6.18. The van der Waals surface area contributed by atoms with Crippen LogP contribution in [0.4, 0.5) is 5.69 Å². The lowest BCUT2D eigenvalue weighted by Gasteiger charge is -2.19. The Labute approximate surface area is 171 Å². The third-order valence-corrected chi connectivity index (χ3v) is 5.64. The van der Waals surface area contributed by atoms with E-state index in [-0.39, 0.29) is 27.0 Å². The molecule has 0 unspecified atom stereocenters. The van der Waals surface area contributed by atoms with E-state index in [1.54, 1.807) is 30.3 Å². The lowest BCUT2D eigenvalue weighted by molar-refractivity contribution is 0.586. The maximum absolute atomic E-state index is 13.4. The lowest BCUT2D eigenvalue weighted by Crippen LogP contribution is -2.17. The van der Waals surface area contributed by atoms with Gasteiger partial charge in [-0.2, -0.15) is 0 Å².